The van der Waals surface area contributed by atoms with Crippen molar-refractivity contribution in [1.82, 2.24) is 14.5 Å². The van der Waals surface area contributed by atoms with Gasteiger partial charge in [0.15, 0.2) is 0 Å². The van der Waals surface area contributed by atoms with Crippen molar-refractivity contribution in [2.75, 3.05) is 18.9 Å². The Morgan fingerprint density at radius 1 is 1.15 bits per heavy atom. The average Bonchev–Trinajstić information content (AvgIpc) is 3.57. The summed E-state index contributed by atoms with van der Waals surface area (Å²) in [6, 6.07) is 10.1. The van der Waals surface area contributed by atoms with E-state index in [1.54, 1.807) is 4.57 Å². The quantitative estimate of drug-likeness (QED) is 0.529. The molecule has 176 valence electrons. The highest BCUT2D eigenvalue weighted by Crippen LogP contribution is 2.36. The summed E-state index contributed by atoms with van der Waals surface area (Å²) in [5.74, 6) is 0.586. The molecule has 0 bridgehead atoms. The first kappa shape index (κ1) is 22.4. The molecule has 0 spiro atoms. The first-order chi connectivity index (χ1) is 16.3. The molecule has 0 saturated heterocycles. The van der Waals surface area contributed by atoms with Gasteiger partial charge in [-0.25, -0.2) is 0 Å². The number of benzene rings is 1. The van der Waals surface area contributed by atoms with Crippen LogP contribution in [0.25, 0.3) is 22.0 Å². The van der Waals surface area contributed by atoms with Gasteiger partial charge in [-0.1, -0.05) is 12.1 Å². The Labute approximate surface area is 201 Å². The molecule has 0 radical (unpaired) electrons. The number of hydrogen-bond acceptors (Lipinski definition) is 5. The van der Waals surface area contributed by atoms with Gasteiger partial charge in [0.2, 0.25) is 0 Å². The predicted octanol–water partition coefficient (Wildman–Crippen LogP) is 5.05. The van der Waals surface area contributed by atoms with Gasteiger partial charge in [-0.2, -0.15) is 0 Å². The second-order valence-corrected chi connectivity index (χ2v) is 9.74. The molecule has 1 aromatic carbocycles. The van der Waals surface area contributed by atoms with Crippen molar-refractivity contribution in [2.45, 2.75) is 46.2 Å². The van der Waals surface area contributed by atoms with Crippen LogP contribution in [0.5, 0.6) is 0 Å². The lowest BCUT2D eigenvalue weighted by Gasteiger charge is -2.21. The molecule has 2 aliphatic rings. The normalized spacial score (nSPS) is 17.3. The lowest BCUT2D eigenvalue weighted by molar-refractivity contribution is 0.476. The summed E-state index contributed by atoms with van der Waals surface area (Å²) in [7, 11) is 3.98. The first-order valence-corrected chi connectivity index (χ1v) is 12.1. The van der Waals surface area contributed by atoms with Crippen LogP contribution in [0.15, 0.2) is 58.1 Å². The Bertz CT molecular complexity index is 1380. The molecule has 1 saturated carbocycles. The largest absolute Gasteiger partial charge is 0.373 e. The minimum absolute atomic E-state index is 0.00310. The van der Waals surface area contributed by atoms with Gasteiger partial charge in [0.25, 0.3) is 5.56 Å². The van der Waals surface area contributed by atoms with Crippen molar-refractivity contribution < 1.29 is 0 Å². The Morgan fingerprint density at radius 3 is 2.65 bits per heavy atom. The van der Waals surface area contributed by atoms with Gasteiger partial charge in [-0.05, 0) is 75.4 Å². The van der Waals surface area contributed by atoms with Crippen molar-refractivity contribution >= 4 is 22.3 Å². The molecule has 34 heavy (non-hydrogen) atoms. The van der Waals surface area contributed by atoms with E-state index in [2.05, 4.69) is 53.4 Å². The summed E-state index contributed by atoms with van der Waals surface area (Å²) in [6.07, 6.45) is 7.65. The minimum Gasteiger partial charge on any atom is -0.373 e. The Hall–Kier alpha value is -3.41. The fourth-order valence-electron chi connectivity index (χ4n) is 4.85. The summed E-state index contributed by atoms with van der Waals surface area (Å²) in [6.45, 7) is 7.16. The fourth-order valence-corrected chi connectivity index (χ4v) is 4.85. The summed E-state index contributed by atoms with van der Waals surface area (Å²) >= 11 is 0. The predicted molar refractivity (Wildman–Crippen MR) is 140 cm³/mol. The zero-order valence-electron chi connectivity index (χ0n) is 20.7. The lowest BCUT2D eigenvalue weighted by atomic mass is 9.99. The maximum absolute atomic E-state index is 13.3. The molecule has 1 atom stereocenters. The SMILES string of the molecule is Cc1cc2c(cn1)cc(-c1cc(NC(C)/N=C(/C3=CCCN3C)C3CC3)ccc1C)c(=O)n2C. The summed E-state index contributed by atoms with van der Waals surface area (Å²) in [4.78, 5) is 25.1. The number of nitrogens with one attached hydrogen (secondary N) is 1. The standard InChI is InChI=1S/C28H33N5O/c1-17-8-11-22(30-19(3)31-27(20-9-10-20)25-7-6-12-32(25)4)15-23(17)24-14-21-16-29-18(2)13-26(21)33(5)28(24)34/h7-8,11,13-16,19-20,30H,6,9-10,12H2,1-5H3/b31-27+. The number of anilines is 1. The Morgan fingerprint density at radius 2 is 1.94 bits per heavy atom. The third-order valence-corrected chi connectivity index (χ3v) is 6.92. The van der Waals surface area contributed by atoms with Crippen LogP contribution in [0.2, 0.25) is 0 Å². The number of aromatic nitrogens is 2. The smallest absolute Gasteiger partial charge is 0.258 e. The van der Waals surface area contributed by atoms with Crippen LogP contribution in [0.3, 0.4) is 0 Å². The number of hydrogen-bond donors (Lipinski definition) is 1. The second-order valence-electron chi connectivity index (χ2n) is 9.74. The average molecular weight is 456 g/mol. The molecule has 1 unspecified atom stereocenters. The van der Waals surface area contributed by atoms with Gasteiger partial charge in [0.1, 0.15) is 6.17 Å². The molecule has 1 fully saturated rings. The highest BCUT2D eigenvalue weighted by atomic mass is 16.1. The monoisotopic (exact) mass is 455 g/mol. The van der Waals surface area contributed by atoms with E-state index in [-0.39, 0.29) is 11.7 Å². The number of rotatable bonds is 6. The molecule has 3 heterocycles. The molecule has 1 aliphatic heterocycles. The van der Waals surface area contributed by atoms with E-state index in [1.807, 2.05) is 39.2 Å². The topological polar surface area (TPSA) is 62.5 Å². The van der Waals surface area contributed by atoms with Crippen LogP contribution < -0.4 is 10.9 Å². The number of aliphatic imine (C=N–C) groups is 1. The summed E-state index contributed by atoms with van der Waals surface area (Å²) in [5, 5.41) is 4.51. The van der Waals surface area contributed by atoms with Gasteiger partial charge in [-0.3, -0.25) is 14.8 Å². The zero-order chi connectivity index (χ0) is 24.0. The van der Waals surface area contributed by atoms with Gasteiger partial charge < -0.3 is 14.8 Å². The van der Waals surface area contributed by atoms with E-state index >= 15 is 0 Å². The van der Waals surface area contributed by atoms with Gasteiger partial charge in [-0.15, -0.1) is 0 Å². The zero-order valence-corrected chi connectivity index (χ0v) is 20.7. The summed E-state index contributed by atoms with van der Waals surface area (Å²) < 4.78 is 1.72. The number of allylic oxidation sites excluding steroid dienone is 1. The number of fused-ring (bicyclic) bond motifs is 1. The van der Waals surface area contributed by atoms with E-state index < -0.39 is 0 Å². The van der Waals surface area contributed by atoms with Crippen LogP contribution in [-0.4, -0.2) is 39.9 Å². The highest BCUT2D eigenvalue weighted by molar-refractivity contribution is 6.03. The van der Waals surface area contributed by atoms with E-state index in [0.29, 0.717) is 11.5 Å². The van der Waals surface area contributed by atoms with Crippen molar-refractivity contribution in [3.63, 3.8) is 0 Å². The summed E-state index contributed by atoms with van der Waals surface area (Å²) in [5.41, 5.74) is 7.98. The fraction of sp³-hybridized carbons (Fsp3) is 0.393. The Balaban J connectivity index is 1.47. The molecule has 1 N–H and O–H groups in total. The van der Waals surface area contributed by atoms with Crippen molar-refractivity contribution in [3.05, 3.63) is 69.9 Å². The van der Waals surface area contributed by atoms with Crippen molar-refractivity contribution in [2.24, 2.45) is 18.0 Å². The van der Waals surface area contributed by atoms with Crippen LogP contribution in [-0.2, 0) is 7.05 Å². The molecular formula is C28H33N5O. The number of aryl methyl sites for hydroxylation is 3. The van der Waals surface area contributed by atoms with E-state index in [9.17, 15) is 4.79 Å². The van der Waals surface area contributed by atoms with Crippen molar-refractivity contribution in [1.29, 1.82) is 0 Å². The van der Waals surface area contributed by atoms with E-state index in [1.165, 1.54) is 24.3 Å². The second kappa shape index (κ2) is 8.75. The van der Waals surface area contributed by atoms with Gasteiger partial charge in [0.05, 0.1) is 16.9 Å². The molecule has 6 heteroatoms. The maximum atomic E-state index is 13.3. The third kappa shape index (κ3) is 4.25. The maximum Gasteiger partial charge on any atom is 0.258 e. The Kier molecular flexibility index (Phi) is 5.76. The number of nitrogens with zero attached hydrogens (tertiary/aromatic N) is 4. The van der Waals surface area contributed by atoms with Crippen LogP contribution >= 0.6 is 0 Å². The molecule has 2 aromatic heterocycles. The van der Waals surface area contributed by atoms with Crippen LogP contribution in [0.1, 0.15) is 37.4 Å². The molecule has 3 aromatic rings. The van der Waals surface area contributed by atoms with Crippen LogP contribution in [0.4, 0.5) is 5.69 Å². The molecule has 1 aliphatic carbocycles. The molecular weight excluding hydrogens is 422 g/mol. The molecule has 6 nitrogen and oxygen atoms in total. The lowest BCUT2D eigenvalue weighted by Crippen LogP contribution is -2.24. The first-order valence-electron chi connectivity index (χ1n) is 12.1. The van der Waals surface area contributed by atoms with Crippen molar-refractivity contribution in [3.8, 4) is 11.1 Å². The van der Waals surface area contributed by atoms with E-state index in [0.717, 1.165) is 46.4 Å². The minimum atomic E-state index is -0.0623. The van der Waals surface area contributed by atoms with Crippen LogP contribution in [0, 0.1) is 19.8 Å². The highest BCUT2D eigenvalue weighted by Gasteiger charge is 2.32. The van der Waals surface area contributed by atoms with Gasteiger partial charge >= 0.3 is 0 Å². The molecule has 5 rings (SSSR count). The van der Waals surface area contributed by atoms with Gasteiger partial charge in [0, 0.05) is 55.1 Å². The molecule has 0 amide bonds. The third-order valence-electron chi connectivity index (χ3n) is 6.92. The van der Waals surface area contributed by atoms with E-state index in [4.69, 9.17) is 4.99 Å². The number of pyridine rings is 2.